The van der Waals surface area contributed by atoms with Crippen molar-refractivity contribution in [1.29, 1.82) is 0 Å². The third-order valence-electron chi connectivity index (χ3n) is 2.49. The number of hydrogen-bond acceptors (Lipinski definition) is 2. The summed E-state index contributed by atoms with van der Waals surface area (Å²) in [6.07, 6.45) is 1.80. The second-order valence-electron chi connectivity index (χ2n) is 3.85. The van der Waals surface area contributed by atoms with E-state index in [0.29, 0.717) is 13.1 Å². The fourth-order valence-corrected chi connectivity index (χ4v) is 1.64. The van der Waals surface area contributed by atoms with Crippen LogP contribution in [0, 0.1) is 0 Å². The highest BCUT2D eigenvalue weighted by Crippen LogP contribution is 1.99. The first-order valence-electron chi connectivity index (χ1n) is 5.71. The molecule has 0 saturated carbocycles. The van der Waals surface area contributed by atoms with E-state index in [2.05, 4.69) is 22.5 Å². The van der Waals surface area contributed by atoms with Gasteiger partial charge in [0.1, 0.15) is 6.67 Å². The van der Waals surface area contributed by atoms with Crippen molar-refractivity contribution in [2.24, 2.45) is 0 Å². The van der Waals surface area contributed by atoms with Crippen molar-refractivity contribution in [1.82, 2.24) is 15.1 Å². The number of benzene rings is 1. The molecule has 0 aliphatic carbocycles. The lowest BCUT2D eigenvalue weighted by Crippen LogP contribution is -2.13. The molecule has 0 aliphatic rings. The van der Waals surface area contributed by atoms with Crippen LogP contribution in [0.15, 0.2) is 42.6 Å². The van der Waals surface area contributed by atoms with Gasteiger partial charge in [-0.1, -0.05) is 30.3 Å². The standard InChI is InChI=1S/C13H16FN3/c14-7-9-17-8-6-13(16-17)11-15-10-12-4-2-1-3-5-12/h1-6,8,15H,7,9-11H2. The second-order valence-corrected chi connectivity index (χ2v) is 3.85. The van der Waals surface area contributed by atoms with Crippen LogP contribution in [-0.2, 0) is 19.6 Å². The van der Waals surface area contributed by atoms with Crippen LogP contribution in [-0.4, -0.2) is 16.5 Å². The molecule has 0 atom stereocenters. The lowest BCUT2D eigenvalue weighted by Gasteiger charge is -2.02. The van der Waals surface area contributed by atoms with Gasteiger partial charge in [-0.25, -0.2) is 4.39 Å². The Morgan fingerprint density at radius 3 is 2.71 bits per heavy atom. The van der Waals surface area contributed by atoms with E-state index in [1.165, 1.54) is 5.56 Å². The molecule has 0 spiro atoms. The SMILES string of the molecule is FCCn1ccc(CNCc2ccccc2)n1. The molecule has 0 bridgehead atoms. The number of nitrogens with zero attached hydrogens (tertiary/aromatic N) is 2. The average molecular weight is 233 g/mol. The summed E-state index contributed by atoms with van der Waals surface area (Å²) in [6.45, 7) is 1.47. The minimum Gasteiger partial charge on any atom is -0.307 e. The van der Waals surface area contributed by atoms with Crippen molar-refractivity contribution in [2.45, 2.75) is 19.6 Å². The van der Waals surface area contributed by atoms with Gasteiger partial charge >= 0.3 is 0 Å². The van der Waals surface area contributed by atoms with E-state index in [1.807, 2.05) is 24.3 Å². The number of hydrogen-bond donors (Lipinski definition) is 1. The first-order valence-corrected chi connectivity index (χ1v) is 5.71. The highest BCUT2D eigenvalue weighted by molar-refractivity contribution is 5.14. The van der Waals surface area contributed by atoms with E-state index >= 15 is 0 Å². The highest BCUT2D eigenvalue weighted by Gasteiger charge is 1.98. The van der Waals surface area contributed by atoms with Gasteiger partial charge in [0, 0.05) is 19.3 Å². The zero-order valence-corrected chi connectivity index (χ0v) is 9.64. The maximum absolute atomic E-state index is 12.1. The Morgan fingerprint density at radius 2 is 1.94 bits per heavy atom. The van der Waals surface area contributed by atoms with Gasteiger partial charge in [0.05, 0.1) is 12.2 Å². The molecule has 2 rings (SSSR count). The third kappa shape index (κ3) is 3.67. The summed E-state index contributed by atoms with van der Waals surface area (Å²) in [4.78, 5) is 0. The predicted octanol–water partition coefficient (Wildman–Crippen LogP) is 2.14. The topological polar surface area (TPSA) is 29.9 Å². The largest absolute Gasteiger partial charge is 0.307 e. The molecule has 0 saturated heterocycles. The van der Waals surface area contributed by atoms with Crippen LogP contribution in [0.25, 0.3) is 0 Å². The molecule has 2 aromatic rings. The summed E-state index contributed by atoms with van der Waals surface area (Å²) in [6, 6.07) is 12.1. The minimum absolute atomic E-state index is 0.332. The Bertz CT molecular complexity index is 439. The highest BCUT2D eigenvalue weighted by atomic mass is 19.1. The quantitative estimate of drug-likeness (QED) is 0.828. The Balaban J connectivity index is 1.78. The first kappa shape index (κ1) is 11.8. The summed E-state index contributed by atoms with van der Waals surface area (Å²) in [5.74, 6) is 0. The molecule has 4 heteroatoms. The summed E-state index contributed by atoms with van der Waals surface area (Å²) < 4.78 is 13.7. The van der Waals surface area contributed by atoms with Crippen LogP contribution in [0.2, 0.25) is 0 Å². The van der Waals surface area contributed by atoms with Gasteiger partial charge in [-0.15, -0.1) is 0 Å². The molecule has 1 aromatic heterocycles. The lowest BCUT2D eigenvalue weighted by atomic mass is 10.2. The Hall–Kier alpha value is -1.68. The first-order chi connectivity index (χ1) is 8.38. The van der Waals surface area contributed by atoms with E-state index in [1.54, 1.807) is 10.9 Å². The molecule has 0 aliphatic heterocycles. The molecule has 3 nitrogen and oxygen atoms in total. The van der Waals surface area contributed by atoms with E-state index < -0.39 is 0 Å². The smallest absolute Gasteiger partial charge is 0.109 e. The van der Waals surface area contributed by atoms with E-state index in [0.717, 1.165) is 12.2 Å². The van der Waals surface area contributed by atoms with Crippen molar-refractivity contribution in [3.05, 3.63) is 53.9 Å². The predicted molar refractivity (Wildman–Crippen MR) is 65.2 cm³/mol. The van der Waals surface area contributed by atoms with Gasteiger partial charge in [-0.3, -0.25) is 4.68 Å². The molecular weight excluding hydrogens is 217 g/mol. The third-order valence-corrected chi connectivity index (χ3v) is 2.49. The number of aryl methyl sites for hydroxylation is 1. The van der Waals surface area contributed by atoms with Crippen molar-refractivity contribution in [3.8, 4) is 0 Å². The maximum Gasteiger partial charge on any atom is 0.109 e. The van der Waals surface area contributed by atoms with Crippen molar-refractivity contribution >= 4 is 0 Å². The van der Waals surface area contributed by atoms with Crippen molar-refractivity contribution < 1.29 is 4.39 Å². The summed E-state index contributed by atoms with van der Waals surface area (Å²) in [5.41, 5.74) is 2.19. The van der Waals surface area contributed by atoms with Crippen molar-refractivity contribution in [3.63, 3.8) is 0 Å². The normalized spacial score (nSPS) is 10.6. The molecule has 0 amide bonds. The molecule has 1 heterocycles. The van der Waals surface area contributed by atoms with Gasteiger partial charge in [0.2, 0.25) is 0 Å². The molecule has 1 aromatic carbocycles. The number of alkyl halides is 1. The number of rotatable bonds is 6. The maximum atomic E-state index is 12.1. The van der Waals surface area contributed by atoms with Crippen LogP contribution >= 0.6 is 0 Å². The molecule has 0 radical (unpaired) electrons. The van der Waals surface area contributed by atoms with Crippen molar-refractivity contribution in [2.75, 3.05) is 6.67 Å². The molecule has 1 N–H and O–H groups in total. The number of aromatic nitrogens is 2. The second kappa shape index (κ2) is 6.15. The summed E-state index contributed by atoms with van der Waals surface area (Å²) in [5, 5.41) is 7.55. The van der Waals surface area contributed by atoms with Gasteiger partial charge in [-0.05, 0) is 11.6 Å². The molecule has 0 unspecified atom stereocenters. The van der Waals surface area contributed by atoms with Crippen LogP contribution < -0.4 is 5.32 Å². The van der Waals surface area contributed by atoms with Gasteiger partial charge in [-0.2, -0.15) is 5.10 Å². The zero-order valence-electron chi connectivity index (χ0n) is 9.64. The van der Waals surface area contributed by atoms with E-state index in [-0.39, 0.29) is 6.67 Å². The molecule has 17 heavy (non-hydrogen) atoms. The zero-order chi connectivity index (χ0) is 11.9. The Kier molecular flexibility index (Phi) is 4.27. The monoisotopic (exact) mass is 233 g/mol. The Labute approximate surface area is 100 Å². The fourth-order valence-electron chi connectivity index (χ4n) is 1.64. The molecule has 90 valence electrons. The Morgan fingerprint density at radius 1 is 1.12 bits per heavy atom. The lowest BCUT2D eigenvalue weighted by molar-refractivity contribution is 0.425. The van der Waals surface area contributed by atoms with Gasteiger partial charge < -0.3 is 5.32 Å². The van der Waals surface area contributed by atoms with Crippen LogP contribution in [0.3, 0.4) is 0 Å². The number of halogens is 1. The number of nitrogens with one attached hydrogen (secondary N) is 1. The van der Waals surface area contributed by atoms with Gasteiger partial charge in [0.25, 0.3) is 0 Å². The van der Waals surface area contributed by atoms with Crippen LogP contribution in [0.4, 0.5) is 4.39 Å². The van der Waals surface area contributed by atoms with Crippen LogP contribution in [0.1, 0.15) is 11.3 Å². The van der Waals surface area contributed by atoms with E-state index in [9.17, 15) is 4.39 Å². The molecular formula is C13H16FN3. The van der Waals surface area contributed by atoms with Crippen LogP contribution in [0.5, 0.6) is 0 Å². The summed E-state index contributed by atoms with van der Waals surface area (Å²) >= 11 is 0. The minimum atomic E-state index is -0.376. The van der Waals surface area contributed by atoms with Gasteiger partial charge in [0.15, 0.2) is 0 Å². The van der Waals surface area contributed by atoms with E-state index in [4.69, 9.17) is 0 Å². The fraction of sp³-hybridized carbons (Fsp3) is 0.308. The summed E-state index contributed by atoms with van der Waals surface area (Å²) in [7, 11) is 0. The molecule has 0 fully saturated rings. The average Bonchev–Trinajstić information content (AvgIpc) is 2.79.